The summed E-state index contributed by atoms with van der Waals surface area (Å²) in [7, 11) is 0. The smallest absolute Gasteiger partial charge is 0.224 e. The van der Waals surface area contributed by atoms with Gasteiger partial charge in [-0.15, -0.1) is 0 Å². The average molecular weight is 330 g/mol. The number of aromatic nitrogens is 2. The van der Waals surface area contributed by atoms with Gasteiger partial charge in [-0.05, 0) is 31.5 Å². The second-order valence-corrected chi connectivity index (χ2v) is 6.26. The predicted octanol–water partition coefficient (Wildman–Crippen LogP) is 2.24. The Balaban J connectivity index is 1.55. The number of carbonyl (C=O) groups excluding carboxylic acids is 1. The van der Waals surface area contributed by atoms with Crippen LogP contribution in [0.25, 0.3) is 0 Å². The van der Waals surface area contributed by atoms with Crippen LogP contribution in [0.1, 0.15) is 30.2 Å². The van der Waals surface area contributed by atoms with Crippen LogP contribution in [0.15, 0.2) is 30.5 Å². The van der Waals surface area contributed by atoms with E-state index in [1.54, 1.807) is 11.0 Å². The molecule has 0 aliphatic carbocycles. The van der Waals surface area contributed by atoms with E-state index < -0.39 is 0 Å². The Kier molecular flexibility index (Phi) is 4.94. The molecule has 1 saturated heterocycles. The van der Waals surface area contributed by atoms with Crippen molar-refractivity contribution in [1.29, 1.82) is 0 Å². The molecule has 1 aliphatic rings. The average Bonchev–Trinajstić information content (AvgIpc) is 3.08. The van der Waals surface area contributed by atoms with E-state index in [0.717, 1.165) is 23.4 Å². The van der Waals surface area contributed by atoms with Gasteiger partial charge in [-0.1, -0.05) is 12.1 Å². The van der Waals surface area contributed by atoms with Crippen molar-refractivity contribution < 1.29 is 9.18 Å². The predicted molar refractivity (Wildman–Crippen MR) is 89.7 cm³/mol. The van der Waals surface area contributed by atoms with Crippen molar-refractivity contribution in [1.82, 2.24) is 20.0 Å². The van der Waals surface area contributed by atoms with Gasteiger partial charge in [-0.2, -0.15) is 5.10 Å². The third kappa shape index (κ3) is 3.64. The van der Waals surface area contributed by atoms with E-state index in [2.05, 4.69) is 24.3 Å². The van der Waals surface area contributed by atoms with E-state index in [-0.39, 0.29) is 17.8 Å². The van der Waals surface area contributed by atoms with Crippen LogP contribution >= 0.6 is 0 Å². The normalized spacial score (nSPS) is 17.7. The SMILES string of the molecule is CCn1ncc(CN[C@@H]2CC(=O)N(Cc3cccc(F)c3)C2)c1C. The zero-order chi connectivity index (χ0) is 17.1. The molecular formula is C18H23FN4O. The van der Waals surface area contributed by atoms with Crippen LogP contribution in [0.5, 0.6) is 0 Å². The van der Waals surface area contributed by atoms with Crippen molar-refractivity contribution in [2.45, 2.75) is 45.9 Å². The summed E-state index contributed by atoms with van der Waals surface area (Å²) in [6, 6.07) is 6.54. The fourth-order valence-corrected chi connectivity index (χ4v) is 3.15. The lowest BCUT2D eigenvalue weighted by Crippen LogP contribution is -2.32. The minimum atomic E-state index is -0.266. The Morgan fingerprint density at radius 3 is 2.96 bits per heavy atom. The highest BCUT2D eigenvalue weighted by Crippen LogP contribution is 2.17. The first kappa shape index (κ1) is 16.6. The van der Waals surface area contributed by atoms with E-state index in [1.165, 1.54) is 12.1 Å². The molecule has 1 fully saturated rings. The van der Waals surface area contributed by atoms with Crippen LogP contribution in [0.4, 0.5) is 4.39 Å². The first-order valence-electron chi connectivity index (χ1n) is 8.33. The monoisotopic (exact) mass is 330 g/mol. The summed E-state index contributed by atoms with van der Waals surface area (Å²) in [5.41, 5.74) is 3.14. The van der Waals surface area contributed by atoms with Gasteiger partial charge in [0.1, 0.15) is 5.82 Å². The first-order chi connectivity index (χ1) is 11.6. The van der Waals surface area contributed by atoms with Gasteiger partial charge in [0.15, 0.2) is 0 Å². The highest BCUT2D eigenvalue weighted by Gasteiger charge is 2.29. The zero-order valence-electron chi connectivity index (χ0n) is 14.1. The van der Waals surface area contributed by atoms with Crippen LogP contribution < -0.4 is 5.32 Å². The second kappa shape index (κ2) is 7.13. The molecule has 1 amide bonds. The minimum absolute atomic E-state index is 0.109. The number of amides is 1. The molecule has 1 aromatic carbocycles. The standard InChI is InChI=1S/C18H23FN4O/c1-3-23-13(2)15(10-21-23)9-20-17-8-18(24)22(12-17)11-14-5-4-6-16(19)7-14/h4-7,10,17,20H,3,8-9,11-12H2,1-2H3/t17-/m1/s1. The number of rotatable bonds is 6. The third-order valence-corrected chi connectivity index (χ3v) is 4.56. The molecule has 128 valence electrons. The minimum Gasteiger partial charge on any atom is -0.337 e. The number of benzene rings is 1. The van der Waals surface area contributed by atoms with Crippen LogP contribution in [-0.4, -0.2) is 33.2 Å². The maximum absolute atomic E-state index is 13.3. The molecule has 0 bridgehead atoms. The van der Waals surface area contributed by atoms with Gasteiger partial charge in [0.2, 0.25) is 5.91 Å². The molecule has 1 aromatic heterocycles. The number of carbonyl (C=O) groups is 1. The number of aryl methyl sites for hydroxylation is 1. The molecule has 1 atom stereocenters. The van der Waals surface area contributed by atoms with Crippen LogP contribution in [0.3, 0.4) is 0 Å². The molecule has 2 heterocycles. The summed E-state index contributed by atoms with van der Waals surface area (Å²) in [5, 5.41) is 7.78. The molecule has 6 heteroatoms. The van der Waals surface area contributed by atoms with Gasteiger partial charge in [0, 0.05) is 49.9 Å². The molecule has 3 rings (SSSR count). The van der Waals surface area contributed by atoms with Crippen molar-refractivity contribution in [3.05, 3.63) is 53.1 Å². The van der Waals surface area contributed by atoms with Crippen LogP contribution in [0.2, 0.25) is 0 Å². The molecule has 2 aromatic rings. The Morgan fingerprint density at radius 2 is 2.25 bits per heavy atom. The molecular weight excluding hydrogens is 307 g/mol. The summed E-state index contributed by atoms with van der Waals surface area (Å²) in [6.45, 7) is 6.80. The van der Waals surface area contributed by atoms with Gasteiger partial charge in [0.05, 0.1) is 6.20 Å². The van der Waals surface area contributed by atoms with Gasteiger partial charge < -0.3 is 10.2 Å². The Morgan fingerprint density at radius 1 is 1.42 bits per heavy atom. The van der Waals surface area contributed by atoms with E-state index in [9.17, 15) is 9.18 Å². The van der Waals surface area contributed by atoms with Gasteiger partial charge in [-0.3, -0.25) is 9.48 Å². The number of hydrogen-bond donors (Lipinski definition) is 1. The Bertz CT molecular complexity index is 728. The fraction of sp³-hybridized carbons (Fsp3) is 0.444. The van der Waals surface area contributed by atoms with E-state index in [4.69, 9.17) is 0 Å². The highest BCUT2D eigenvalue weighted by atomic mass is 19.1. The summed E-state index contributed by atoms with van der Waals surface area (Å²) in [5.74, 6) is -0.157. The highest BCUT2D eigenvalue weighted by molar-refractivity contribution is 5.79. The van der Waals surface area contributed by atoms with Crippen molar-refractivity contribution in [3.8, 4) is 0 Å². The maximum atomic E-state index is 13.3. The topological polar surface area (TPSA) is 50.2 Å². The zero-order valence-corrected chi connectivity index (χ0v) is 14.1. The van der Waals surface area contributed by atoms with Gasteiger partial charge in [-0.25, -0.2) is 4.39 Å². The Labute approximate surface area is 141 Å². The molecule has 1 N–H and O–H groups in total. The van der Waals surface area contributed by atoms with Crippen molar-refractivity contribution in [2.75, 3.05) is 6.54 Å². The lowest BCUT2D eigenvalue weighted by Gasteiger charge is -2.17. The molecule has 24 heavy (non-hydrogen) atoms. The summed E-state index contributed by atoms with van der Waals surface area (Å²) in [6.07, 6.45) is 2.36. The first-order valence-corrected chi connectivity index (χ1v) is 8.33. The molecule has 0 spiro atoms. The lowest BCUT2D eigenvalue weighted by atomic mass is 10.2. The largest absolute Gasteiger partial charge is 0.337 e. The maximum Gasteiger partial charge on any atom is 0.224 e. The van der Waals surface area contributed by atoms with Gasteiger partial charge >= 0.3 is 0 Å². The van der Waals surface area contributed by atoms with Crippen LogP contribution in [-0.2, 0) is 24.4 Å². The lowest BCUT2D eigenvalue weighted by molar-refractivity contribution is -0.128. The summed E-state index contributed by atoms with van der Waals surface area (Å²) >= 11 is 0. The van der Waals surface area contributed by atoms with E-state index in [1.807, 2.05) is 16.9 Å². The molecule has 1 aliphatic heterocycles. The summed E-state index contributed by atoms with van der Waals surface area (Å²) < 4.78 is 15.2. The number of nitrogens with zero attached hydrogens (tertiary/aromatic N) is 3. The van der Waals surface area contributed by atoms with E-state index in [0.29, 0.717) is 26.1 Å². The Hall–Kier alpha value is -2.21. The molecule has 0 radical (unpaired) electrons. The van der Waals surface area contributed by atoms with Crippen molar-refractivity contribution in [2.24, 2.45) is 0 Å². The van der Waals surface area contributed by atoms with Crippen molar-refractivity contribution in [3.63, 3.8) is 0 Å². The molecule has 0 saturated carbocycles. The number of likely N-dealkylation sites (tertiary alicyclic amines) is 1. The second-order valence-electron chi connectivity index (χ2n) is 6.26. The summed E-state index contributed by atoms with van der Waals surface area (Å²) in [4.78, 5) is 14.0. The van der Waals surface area contributed by atoms with Crippen molar-refractivity contribution >= 4 is 5.91 Å². The number of halogens is 1. The molecule has 5 nitrogen and oxygen atoms in total. The van der Waals surface area contributed by atoms with Crippen LogP contribution in [0, 0.1) is 12.7 Å². The fourth-order valence-electron chi connectivity index (χ4n) is 3.15. The quantitative estimate of drug-likeness (QED) is 0.884. The van der Waals surface area contributed by atoms with E-state index >= 15 is 0 Å². The third-order valence-electron chi connectivity index (χ3n) is 4.56. The molecule has 0 unspecified atom stereocenters. The van der Waals surface area contributed by atoms with Gasteiger partial charge in [0.25, 0.3) is 0 Å². The number of hydrogen-bond acceptors (Lipinski definition) is 3. The number of nitrogens with one attached hydrogen (secondary N) is 1.